The Morgan fingerprint density at radius 1 is 0.732 bits per heavy atom. The second-order valence-corrected chi connectivity index (χ2v) is 12.9. The molecular formula is C38H38FN2+. The van der Waals surface area contributed by atoms with Gasteiger partial charge < -0.3 is 4.40 Å². The molecule has 3 aromatic heterocycles. The van der Waals surface area contributed by atoms with E-state index in [1.165, 1.54) is 55.1 Å². The van der Waals surface area contributed by atoms with Crippen molar-refractivity contribution in [3.63, 3.8) is 0 Å². The molecule has 0 spiro atoms. The normalized spacial score (nSPS) is 12.7. The summed E-state index contributed by atoms with van der Waals surface area (Å²) in [7, 11) is 2.13. The summed E-state index contributed by atoms with van der Waals surface area (Å²) in [5.41, 5.74) is 12.3. The van der Waals surface area contributed by atoms with Crippen molar-refractivity contribution in [2.45, 2.75) is 66.2 Å². The molecule has 0 unspecified atom stereocenters. The number of hydrogen-bond acceptors (Lipinski definition) is 0. The lowest BCUT2D eigenvalue weighted by atomic mass is 9.81. The molecule has 3 heteroatoms. The van der Waals surface area contributed by atoms with Crippen molar-refractivity contribution in [3.8, 4) is 11.1 Å². The highest BCUT2D eigenvalue weighted by Gasteiger charge is 2.26. The number of benzene rings is 4. The van der Waals surface area contributed by atoms with Crippen molar-refractivity contribution >= 4 is 49.0 Å². The van der Waals surface area contributed by atoms with Crippen LogP contribution in [0, 0.1) is 12.7 Å². The van der Waals surface area contributed by atoms with Gasteiger partial charge in [-0.2, -0.15) is 0 Å². The molecular weight excluding hydrogens is 503 g/mol. The van der Waals surface area contributed by atoms with Gasteiger partial charge in [-0.25, -0.2) is 8.96 Å². The van der Waals surface area contributed by atoms with Crippen molar-refractivity contribution in [3.05, 3.63) is 94.9 Å². The Labute approximate surface area is 241 Å². The molecule has 0 aliphatic heterocycles. The second-order valence-electron chi connectivity index (χ2n) is 12.9. The van der Waals surface area contributed by atoms with Crippen molar-refractivity contribution in [1.82, 2.24) is 4.40 Å². The minimum absolute atomic E-state index is 0.169. The van der Waals surface area contributed by atoms with Gasteiger partial charge in [0.1, 0.15) is 12.9 Å². The van der Waals surface area contributed by atoms with E-state index in [1.807, 2.05) is 6.07 Å². The summed E-state index contributed by atoms with van der Waals surface area (Å²) in [4.78, 5) is 0. The number of nitrogens with zero attached hydrogens (tertiary/aromatic N) is 2. The molecule has 0 saturated carbocycles. The van der Waals surface area contributed by atoms with Gasteiger partial charge in [0, 0.05) is 16.8 Å². The van der Waals surface area contributed by atoms with E-state index in [9.17, 15) is 0 Å². The first kappa shape index (κ1) is 26.0. The van der Waals surface area contributed by atoms with Crippen LogP contribution in [0.3, 0.4) is 0 Å². The highest BCUT2D eigenvalue weighted by molar-refractivity contribution is 6.26. The van der Waals surface area contributed by atoms with Crippen molar-refractivity contribution in [2.24, 2.45) is 7.05 Å². The summed E-state index contributed by atoms with van der Waals surface area (Å²) >= 11 is 0. The minimum atomic E-state index is -0.169. The number of aromatic nitrogens is 2. The standard InChI is InChI=1S/C38H38FN2/c1-20(2)25-17-28(21(3)4)34(29(18-25)22(5)6)26-16-24-14-15-40(8)38-33-23(7)12-13-27-36-30(39)10-9-11-31(36)41(37(27)33)32(19-26)35(24)38/h9-22H,1-8H3/q+1. The van der Waals surface area contributed by atoms with E-state index in [2.05, 4.69) is 119 Å². The van der Waals surface area contributed by atoms with E-state index < -0.39 is 0 Å². The third-order valence-electron chi connectivity index (χ3n) is 9.23. The van der Waals surface area contributed by atoms with Crippen LogP contribution in [0.1, 0.15) is 81.5 Å². The molecule has 7 rings (SSSR count). The van der Waals surface area contributed by atoms with Crippen LogP contribution in [-0.2, 0) is 7.05 Å². The summed E-state index contributed by atoms with van der Waals surface area (Å²) in [6.07, 6.45) is 2.18. The molecule has 3 heterocycles. The minimum Gasteiger partial charge on any atom is -0.307 e. The quantitative estimate of drug-likeness (QED) is 0.119. The van der Waals surface area contributed by atoms with Gasteiger partial charge in [-0.05, 0) is 87.7 Å². The van der Waals surface area contributed by atoms with Crippen LogP contribution >= 0.6 is 0 Å². The molecule has 0 fully saturated rings. The summed E-state index contributed by atoms with van der Waals surface area (Å²) in [5.74, 6) is 1.06. The predicted octanol–water partition coefficient (Wildman–Crippen LogP) is 10.3. The Morgan fingerprint density at radius 3 is 2.10 bits per heavy atom. The third kappa shape index (κ3) is 3.57. The largest absolute Gasteiger partial charge is 0.307 e. The summed E-state index contributed by atoms with van der Waals surface area (Å²) in [6.45, 7) is 16.0. The highest BCUT2D eigenvalue weighted by Crippen LogP contribution is 2.45. The maximum atomic E-state index is 15.5. The first-order valence-electron chi connectivity index (χ1n) is 15.0. The van der Waals surface area contributed by atoms with Gasteiger partial charge in [0.15, 0.2) is 6.20 Å². The van der Waals surface area contributed by atoms with Crippen LogP contribution in [0.5, 0.6) is 0 Å². The maximum Gasteiger partial charge on any atom is 0.224 e. The second kappa shape index (κ2) is 9.01. The van der Waals surface area contributed by atoms with Crippen LogP contribution in [0.25, 0.3) is 60.1 Å². The Morgan fingerprint density at radius 2 is 1.44 bits per heavy atom. The van der Waals surface area contributed by atoms with Crippen LogP contribution < -0.4 is 4.57 Å². The molecule has 0 aliphatic carbocycles. The fraction of sp³-hybridized carbons (Fsp3) is 0.289. The SMILES string of the molecule is Cc1ccc2c3c(F)cccc3n3c4cc(-c5c(C(C)C)cc(C(C)C)cc5C(C)C)cc5cc[n+](C)c(c1c23)c54. The summed E-state index contributed by atoms with van der Waals surface area (Å²) in [5, 5.41) is 5.30. The molecule has 0 atom stereocenters. The summed E-state index contributed by atoms with van der Waals surface area (Å²) < 4.78 is 20.1. The van der Waals surface area contributed by atoms with Gasteiger partial charge in [-0.15, -0.1) is 0 Å². The number of halogens is 1. The van der Waals surface area contributed by atoms with E-state index in [0.717, 1.165) is 21.9 Å². The van der Waals surface area contributed by atoms with Crippen LogP contribution in [0.2, 0.25) is 0 Å². The van der Waals surface area contributed by atoms with Gasteiger partial charge in [0.25, 0.3) is 0 Å². The van der Waals surface area contributed by atoms with Gasteiger partial charge in [0.2, 0.25) is 5.52 Å². The van der Waals surface area contributed by atoms with Crippen molar-refractivity contribution < 1.29 is 8.96 Å². The van der Waals surface area contributed by atoms with E-state index >= 15 is 4.39 Å². The lowest BCUT2D eigenvalue weighted by Crippen LogP contribution is -2.28. The lowest BCUT2D eigenvalue weighted by Gasteiger charge is -2.24. The zero-order chi connectivity index (χ0) is 28.9. The maximum absolute atomic E-state index is 15.5. The smallest absolute Gasteiger partial charge is 0.224 e. The molecule has 206 valence electrons. The topological polar surface area (TPSA) is 8.29 Å². The van der Waals surface area contributed by atoms with Gasteiger partial charge in [-0.3, -0.25) is 0 Å². The lowest BCUT2D eigenvalue weighted by molar-refractivity contribution is -0.643. The average molecular weight is 542 g/mol. The average Bonchev–Trinajstić information content (AvgIpc) is 3.28. The molecule has 0 aliphatic rings. The van der Waals surface area contributed by atoms with Gasteiger partial charge >= 0.3 is 0 Å². The predicted molar refractivity (Wildman–Crippen MR) is 172 cm³/mol. The zero-order valence-corrected chi connectivity index (χ0v) is 25.4. The molecule has 41 heavy (non-hydrogen) atoms. The molecule has 0 radical (unpaired) electrons. The van der Waals surface area contributed by atoms with Crippen LogP contribution in [-0.4, -0.2) is 4.40 Å². The van der Waals surface area contributed by atoms with E-state index in [1.54, 1.807) is 6.07 Å². The fourth-order valence-corrected chi connectivity index (χ4v) is 7.15. The van der Waals surface area contributed by atoms with Crippen LogP contribution in [0.15, 0.2) is 66.9 Å². The van der Waals surface area contributed by atoms with E-state index in [0.29, 0.717) is 23.1 Å². The molecule has 0 N–H and O–H groups in total. The number of hydrogen-bond donors (Lipinski definition) is 0. The molecule has 0 amide bonds. The molecule has 4 aromatic carbocycles. The number of fused-ring (bicyclic) bond motifs is 5. The van der Waals surface area contributed by atoms with E-state index in [4.69, 9.17) is 0 Å². The van der Waals surface area contributed by atoms with Gasteiger partial charge in [-0.1, -0.05) is 71.9 Å². The van der Waals surface area contributed by atoms with E-state index in [-0.39, 0.29) is 5.82 Å². The van der Waals surface area contributed by atoms with Crippen molar-refractivity contribution in [2.75, 3.05) is 0 Å². The van der Waals surface area contributed by atoms with Crippen LogP contribution in [0.4, 0.5) is 4.39 Å². The Balaban J connectivity index is 1.75. The monoisotopic (exact) mass is 541 g/mol. The molecule has 0 saturated heterocycles. The Bertz CT molecular complexity index is 2130. The first-order chi connectivity index (χ1) is 19.6. The molecule has 0 bridgehead atoms. The number of pyridine rings is 2. The number of aryl methyl sites for hydroxylation is 2. The van der Waals surface area contributed by atoms with Crippen molar-refractivity contribution in [1.29, 1.82) is 0 Å². The third-order valence-corrected chi connectivity index (χ3v) is 9.23. The molecule has 2 nitrogen and oxygen atoms in total. The zero-order valence-electron chi connectivity index (χ0n) is 25.4. The fourth-order valence-electron chi connectivity index (χ4n) is 7.15. The summed E-state index contributed by atoms with van der Waals surface area (Å²) in [6, 6.07) is 21.6. The Kier molecular flexibility index (Phi) is 5.70. The molecule has 7 aromatic rings. The first-order valence-corrected chi connectivity index (χ1v) is 15.0. The van der Waals surface area contributed by atoms with Gasteiger partial charge in [0.05, 0.1) is 27.3 Å². The Hall–Kier alpha value is -3.98. The highest BCUT2D eigenvalue weighted by atomic mass is 19.1. The number of rotatable bonds is 4.